The molecule has 36 heavy (non-hydrogen) atoms. The van der Waals surface area contributed by atoms with Crippen LogP contribution in [-0.4, -0.2) is 25.6 Å². The topological polar surface area (TPSA) is 80.4 Å². The molecule has 2 N–H and O–H groups in total. The maximum Gasteiger partial charge on any atom is 0.262 e. The fourth-order valence-corrected chi connectivity index (χ4v) is 6.13. The van der Waals surface area contributed by atoms with Crippen LogP contribution in [0.4, 0.5) is 5.69 Å². The first-order valence-electron chi connectivity index (χ1n) is 11.8. The van der Waals surface area contributed by atoms with E-state index in [4.69, 9.17) is 32.7 Å². The minimum Gasteiger partial charge on any atom is -0.490 e. The Labute approximate surface area is 220 Å². The second kappa shape index (κ2) is 10.7. The van der Waals surface area contributed by atoms with Crippen molar-refractivity contribution < 1.29 is 17.9 Å². The molecule has 1 aromatic heterocycles. The van der Waals surface area contributed by atoms with E-state index in [1.807, 2.05) is 18.2 Å². The van der Waals surface area contributed by atoms with E-state index in [2.05, 4.69) is 21.8 Å². The van der Waals surface area contributed by atoms with Gasteiger partial charge in [0.15, 0.2) is 0 Å². The standard InChI is InChI=1S/C27H26Cl2N2O4S/c28-23-13-14-25(27-26(23)24(29)16-30-27)31-36(32,33)22-8-4-7-21(15-22)35-20-11-9-19(10-12-20)34-17-18-5-2-1-3-6-18/h1-8,13-16,19-20,30-31H,9-12,17H2. The van der Waals surface area contributed by atoms with E-state index in [-0.39, 0.29) is 17.1 Å². The maximum atomic E-state index is 13.2. The SMILES string of the molecule is O=S(=O)(Nc1ccc(Cl)c2c(Cl)c[nH]c12)c1cccc(OC2CCC(OCc3ccccc3)CC2)c1. The minimum absolute atomic E-state index is 0.0180. The number of benzene rings is 3. The first-order chi connectivity index (χ1) is 17.4. The Morgan fingerprint density at radius 3 is 2.42 bits per heavy atom. The fraction of sp³-hybridized carbons (Fsp3) is 0.259. The van der Waals surface area contributed by atoms with E-state index in [0.717, 1.165) is 25.7 Å². The van der Waals surface area contributed by atoms with Crippen molar-refractivity contribution in [1.29, 1.82) is 0 Å². The number of aromatic nitrogens is 1. The first-order valence-corrected chi connectivity index (χ1v) is 14.0. The average molecular weight is 545 g/mol. The predicted molar refractivity (Wildman–Crippen MR) is 143 cm³/mol. The van der Waals surface area contributed by atoms with Crippen molar-refractivity contribution in [3.63, 3.8) is 0 Å². The molecule has 0 saturated heterocycles. The summed E-state index contributed by atoms with van der Waals surface area (Å²) in [6.07, 6.45) is 5.31. The monoisotopic (exact) mass is 544 g/mol. The van der Waals surface area contributed by atoms with Crippen LogP contribution in [0.15, 0.2) is 77.8 Å². The van der Waals surface area contributed by atoms with Gasteiger partial charge in [0, 0.05) is 17.6 Å². The molecule has 6 nitrogen and oxygen atoms in total. The molecule has 1 aliphatic carbocycles. The molecule has 0 aliphatic heterocycles. The van der Waals surface area contributed by atoms with Gasteiger partial charge in [-0.1, -0.05) is 59.6 Å². The molecule has 0 bridgehead atoms. The summed E-state index contributed by atoms with van der Waals surface area (Å²) < 4.78 is 41.2. The molecule has 0 amide bonds. The van der Waals surface area contributed by atoms with Gasteiger partial charge in [-0.25, -0.2) is 8.42 Å². The van der Waals surface area contributed by atoms with Crippen molar-refractivity contribution in [2.75, 3.05) is 4.72 Å². The van der Waals surface area contributed by atoms with E-state index in [0.29, 0.717) is 39.0 Å². The van der Waals surface area contributed by atoms with Crippen molar-refractivity contribution in [3.8, 4) is 5.75 Å². The highest BCUT2D eigenvalue weighted by molar-refractivity contribution is 7.92. The highest BCUT2D eigenvalue weighted by Gasteiger charge is 2.24. The molecular formula is C27H26Cl2N2O4S. The van der Waals surface area contributed by atoms with Crippen LogP contribution in [0.1, 0.15) is 31.2 Å². The molecule has 9 heteroatoms. The Kier molecular flexibility index (Phi) is 7.44. The Bertz CT molecular complexity index is 1450. The second-order valence-electron chi connectivity index (χ2n) is 8.88. The summed E-state index contributed by atoms with van der Waals surface area (Å²) in [5.41, 5.74) is 2.05. The lowest BCUT2D eigenvalue weighted by Crippen LogP contribution is -2.28. The summed E-state index contributed by atoms with van der Waals surface area (Å²) in [7, 11) is -3.87. The predicted octanol–water partition coefficient (Wildman–Crippen LogP) is 7.18. The number of ether oxygens (including phenoxy) is 2. The van der Waals surface area contributed by atoms with Gasteiger partial charge >= 0.3 is 0 Å². The van der Waals surface area contributed by atoms with E-state index >= 15 is 0 Å². The van der Waals surface area contributed by atoms with E-state index < -0.39 is 10.0 Å². The van der Waals surface area contributed by atoms with Crippen LogP contribution in [-0.2, 0) is 21.4 Å². The first kappa shape index (κ1) is 25.0. The number of sulfonamides is 1. The van der Waals surface area contributed by atoms with E-state index in [1.54, 1.807) is 36.5 Å². The third-order valence-electron chi connectivity index (χ3n) is 6.35. The molecule has 4 aromatic rings. The molecule has 1 saturated carbocycles. The van der Waals surface area contributed by atoms with Crippen LogP contribution >= 0.6 is 23.2 Å². The molecule has 5 rings (SSSR count). The van der Waals surface area contributed by atoms with Gasteiger partial charge in [-0.05, 0) is 55.5 Å². The molecule has 3 aromatic carbocycles. The summed E-state index contributed by atoms with van der Waals surface area (Å²) in [4.78, 5) is 3.09. The molecule has 1 aliphatic rings. The molecular weight excluding hydrogens is 519 g/mol. The van der Waals surface area contributed by atoms with E-state index in [1.165, 1.54) is 11.6 Å². The van der Waals surface area contributed by atoms with Crippen LogP contribution in [0, 0.1) is 0 Å². The quantitative estimate of drug-likeness (QED) is 0.246. The average Bonchev–Trinajstić information content (AvgIpc) is 3.29. The summed E-state index contributed by atoms with van der Waals surface area (Å²) in [6, 6.07) is 19.9. The van der Waals surface area contributed by atoms with Gasteiger partial charge in [-0.2, -0.15) is 0 Å². The van der Waals surface area contributed by atoms with Crippen LogP contribution < -0.4 is 9.46 Å². The van der Waals surface area contributed by atoms with Crippen molar-refractivity contribution in [2.45, 2.75) is 49.4 Å². The zero-order valence-corrected chi connectivity index (χ0v) is 21.7. The number of H-pyrrole nitrogens is 1. The molecule has 0 radical (unpaired) electrons. The number of rotatable bonds is 8. The number of aromatic amines is 1. The summed E-state index contributed by atoms with van der Waals surface area (Å²) in [5, 5.41) is 1.43. The van der Waals surface area contributed by atoms with Crippen LogP contribution in [0.2, 0.25) is 10.0 Å². The fourth-order valence-electron chi connectivity index (χ4n) is 4.47. The molecule has 0 unspecified atom stereocenters. The lowest BCUT2D eigenvalue weighted by atomic mass is 9.95. The Balaban J connectivity index is 1.21. The maximum absolute atomic E-state index is 13.2. The van der Waals surface area contributed by atoms with Crippen LogP contribution in [0.25, 0.3) is 10.9 Å². The molecule has 0 spiro atoms. The minimum atomic E-state index is -3.87. The molecule has 188 valence electrons. The number of halogens is 2. The van der Waals surface area contributed by atoms with Gasteiger partial charge in [0.05, 0.1) is 45.0 Å². The summed E-state index contributed by atoms with van der Waals surface area (Å²) in [6.45, 7) is 0.610. The Hall–Kier alpha value is -2.71. The third-order valence-corrected chi connectivity index (χ3v) is 8.33. The summed E-state index contributed by atoms with van der Waals surface area (Å²) in [5.74, 6) is 0.524. The lowest BCUT2D eigenvalue weighted by molar-refractivity contribution is -0.00665. The van der Waals surface area contributed by atoms with Crippen molar-refractivity contribution in [1.82, 2.24) is 4.98 Å². The molecule has 1 heterocycles. The van der Waals surface area contributed by atoms with Gasteiger partial charge < -0.3 is 14.5 Å². The summed E-state index contributed by atoms with van der Waals surface area (Å²) >= 11 is 12.4. The van der Waals surface area contributed by atoms with Crippen molar-refractivity contribution in [2.24, 2.45) is 0 Å². The normalized spacial score (nSPS) is 18.3. The number of nitrogens with one attached hydrogen (secondary N) is 2. The second-order valence-corrected chi connectivity index (χ2v) is 11.4. The van der Waals surface area contributed by atoms with Gasteiger partial charge in [-0.15, -0.1) is 0 Å². The smallest absolute Gasteiger partial charge is 0.262 e. The number of hydrogen-bond acceptors (Lipinski definition) is 4. The highest BCUT2D eigenvalue weighted by Crippen LogP contribution is 2.35. The van der Waals surface area contributed by atoms with Crippen LogP contribution in [0.5, 0.6) is 5.75 Å². The zero-order valence-electron chi connectivity index (χ0n) is 19.4. The lowest BCUT2D eigenvalue weighted by Gasteiger charge is -2.29. The molecule has 0 atom stereocenters. The van der Waals surface area contributed by atoms with Crippen molar-refractivity contribution >= 4 is 49.8 Å². The zero-order chi connectivity index (χ0) is 25.1. The number of anilines is 1. The molecule has 1 fully saturated rings. The number of hydrogen-bond donors (Lipinski definition) is 2. The highest BCUT2D eigenvalue weighted by atomic mass is 35.5. The third kappa shape index (κ3) is 5.65. The van der Waals surface area contributed by atoms with Crippen LogP contribution in [0.3, 0.4) is 0 Å². The Morgan fingerprint density at radius 2 is 1.64 bits per heavy atom. The number of fused-ring (bicyclic) bond motifs is 1. The van der Waals surface area contributed by atoms with Crippen molar-refractivity contribution in [3.05, 3.63) is 88.5 Å². The largest absolute Gasteiger partial charge is 0.490 e. The van der Waals surface area contributed by atoms with Gasteiger partial charge in [0.1, 0.15) is 5.75 Å². The van der Waals surface area contributed by atoms with Gasteiger partial charge in [-0.3, -0.25) is 4.72 Å². The van der Waals surface area contributed by atoms with Gasteiger partial charge in [0.2, 0.25) is 0 Å². The van der Waals surface area contributed by atoms with E-state index in [9.17, 15) is 8.42 Å². The van der Waals surface area contributed by atoms with Gasteiger partial charge in [0.25, 0.3) is 10.0 Å². The Morgan fingerprint density at radius 1 is 0.889 bits per heavy atom.